The van der Waals surface area contributed by atoms with Gasteiger partial charge in [-0.1, -0.05) is 30.4 Å². The lowest BCUT2D eigenvalue weighted by molar-refractivity contribution is 0.306. The predicted octanol–water partition coefficient (Wildman–Crippen LogP) is 2.11. The van der Waals surface area contributed by atoms with Crippen LogP contribution in [0.25, 0.3) is 4.96 Å². The molecule has 0 unspecified atom stereocenters. The molecule has 3 heterocycles. The van der Waals surface area contributed by atoms with Crippen LogP contribution in [0.5, 0.6) is 5.75 Å². The molecule has 23 heavy (non-hydrogen) atoms. The molecule has 1 aliphatic heterocycles. The Bertz CT molecular complexity index is 918. The molecule has 0 saturated heterocycles. The number of nitrogens with zero attached hydrogens (tertiary/aromatic N) is 4. The molecule has 0 N–H and O–H groups in total. The van der Waals surface area contributed by atoms with Gasteiger partial charge in [-0.3, -0.25) is 4.79 Å². The molecule has 0 aliphatic carbocycles. The third-order valence-corrected chi connectivity index (χ3v) is 4.87. The highest BCUT2D eigenvalue weighted by atomic mass is 32.1. The topological polar surface area (TPSA) is 59.7 Å². The third kappa shape index (κ3) is 2.57. The van der Waals surface area contributed by atoms with Crippen molar-refractivity contribution >= 4 is 22.0 Å². The molecule has 0 bridgehead atoms. The molecule has 1 aliphatic rings. The largest absolute Gasteiger partial charge is 0.490 e. The summed E-state index contributed by atoms with van der Waals surface area (Å²) in [5.41, 5.74) is 1.68. The van der Waals surface area contributed by atoms with Gasteiger partial charge in [-0.05, 0) is 18.6 Å². The van der Waals surface area contributed by atoms with Crippen LogP contribution in [0.15, 0.2) is 35.1 Å². The van der Waals surface area contributed by atoms with Crippen LogP contribution in [0.4, 0.5) is 5.69 Å². The van der Waals surface area contributed by atoms with Gasteiger partial charge in [0.05, 0.1) is 24.5 Å². The highest BCUT2D eigenvalue weighted by Gasteiger charge is 2.19. The van der Waals surface area contributed by atoms with Crippen molar-refractivity contribution in [1.29, 1.82) is 0 Å². The second-order valence-electron chi connectivity index (χ2n) is 5.37. The maximum atomic E-state index is 12.2. The first kappa shape index (κ1) is 14.2. The number of aromatic nitrogens is 3. The third-order valence-electron chi connectivity index (χ3n) is 3.82. The summed E-state index contributed by atoms with van der Waals surface area (Å²) in [6.07, 6.45) is 0.805. The van der Waals surface area contributed by atoms with Crippen molar-refractivity contribution in [1.82, 2.24) is 14.6 Å². The molecule has 0 radical (unpaired) electrons. The van der Waals surface area contributed by atoms with Crippen molar-refractivity contribution in [3.05, 3.63) is 51.4 Å². The summed E-state index contributed by atoms with van der Waals surface area (Å²) in [6.45, 7) is 4.03. The number of fused-ring (bicyclic) bond motifs is 2. The Morgan fingerprint density at radius 3 is 3.09 bits per heavy atom. The zero-order valence-corrected chi connectivity index (χ0v) is 13.5. The van der Waals surface area contributed by atoms with Gasteiger partial charge in [0.15, 0.2) is 0 Å². The number of rotatable bonds is 3. The number of hydrogen-bond acceptors (Lipinski definition) is 6. The average Bonchev–Trinajstić information content (AvgIpc) is 2.99. The number of ether oxygens (including phenoxy) is 1. The summed E-state index contributed by atoms with van der Waals surface area (Å²) in [6, 6.07) is 9.51. The Hall–Kier alpha value is -2.41. The van der Waals surface area contributed by atoms with E-state index in [-0.39, 0.29) is 5.56 Å². The van der Waals surface area contributed by atoms with Crippen LogP contribution in [-0.4, -0.2) is 27.7 Å². The van der Waals surface area contributed by atoms with E-state index in [4.69, 9.17) is 4.74 Å². The zero-order chi connectivity index (χ0) is 15.8. The lowest BCUT2D eigenvalue weighted by Gasteiger charge is -2.30. The van der Waals surface area contributed by atoms with Crippen molar-refractivity contribution in [3.63, 3.8) is 0 Å². The normalized spacial score (nSPS) is 13.9. The fourth-order valence-corrected chi connectivity index (χ4v) is 3.56. The molecule has 0 fully saturated rings. The van der Waals surface area contributed by atoms with E-state index in [2.05, 4.69) is 15.0 Å². The van der Waals surface area contributed by atoms with Gasteiger partial charge in [-0.25, -0.2) is 4.98 Å². The lowest BCUT2D eigenvalue weighted by atomic mass is 10.2. The maximum Gasteiger partial charge on any atom is 0.275 e. The van der Waals surface area contributed by atoms with Gasteiger partial charge in [0.1, 0.15) is 17.4 Å². The molecule has 118 valence electrons. The molecule has 0 amide bonds. The van der Waals surface area contributed by atoms with Gasteiger partial charge in [0, 0.05) is 6.07 Å². The smallest absolute Gasteiger partial charge is 0.275 e. The van der Waals surface area contributed by atoms with Crippen molar-refractivity contribution < 1.29 is 4.74 Å². The number of benzene rings is 1. The Kier molecular flexibility index (Phi) is 3.49. The average molecular weight is 328 g/mol. The Balaban J connectivity index is 1.70. The summed E-state index contributed by atoms with van der Waals surface area (Å²) < 4.78 is 7.06. The number of anilines is 1. The summed E-state index contributed by atoms with van der Waals surface area (Å²) in [5, 5.41) is 5.20. The van der Waals surface area contributed by atoms with Crippen LogP contribution in [0, 0.1) is 0 Å². The Morgan fingerprint density at radius 1 is 1.35 bits per heavy atom. The molecule has 3 aromatic rings. The lowest BCUT2D eigenvalue weighted by Crippen LogP contribution is -2.33. The zero-order valence-electron chi connectivity index (χ0n) is 12.7. The van der Waals surface area contributed by atoms with E-state index in [9.17, 15) is 4.79 Å². The second kappa shape index (κ2) is 5.66. The van der Waals surface area contributed by atoms with Crippen LogP contribution in [-0.2, 0) is 13.0 Å². The van der Waals surface area contributed by atoms with E-state index >= 15 is 0 Å². The first-order chi connectivity index (χ1) is 11.2. The molecule has 0 spiro atoms. The minimum Gasteiger partial charge on any atom is -0.490 e. The van der Waals surface area contributed by atoms with E-state index < -0.39 is 0 Å². The fourth-order valence-electron chi connectivity index (χ4n) is 2.71. The molecule has 1 aromatic carbocycles. The minimum atomic E-state index is -0.123. The summed E-state index contributed by atoms with van der Waals surface area (Å²) >= 11 is 1.47. The molecule has 0 atom stereocenters. The number of para-hydroxylation sites is 2. The van der Waals surface area contributed by atoms with Crippen LogP contribution in [0.3, 0.4) is 0 Å². The summed E-state index contributed by atoms with van der Waals surface area (Å²) in [5.74, 6) is 0.877. The second-order valence-corrected chi connectivity index (χ2v) is 6.41. The summed E-state index contributed by atoms with van der Waals surface area (Å²) in [4.78, 5) is 19.7. The molecule has 6 nitrogen and oxygen atoms in total. The SMILES string of the molecule is CCc1nn2c(=O)cc(CN3CCOc4ccccc43)nc2s1. The van der Waals surface area contributed by atoms with Gasteiger partial charge in [0.2, 0.25) is 4.96 Å². The summed E-state index contributed by atoms with van der Waals surface area (Å²) in [7, 11) is 0. The molecule has 7 heteroatoms. The van der Waals surface area contributed by atoms with Crippen LogP contribution in [0.1, 0.15) is 17.6 Å². The van der Waals surface area contributed by atoms with E-state index in [1.807, 2.05) is 31.2 Å². The van der Waals surface area contributed by atoms with Gasteiger partial charge in [-0.15, -0.1) is 0 Å². The van der Waals surface area contributed by atoms with E-state index in [1.165, 1.54) is 15.9 Å². The van der Waals surface area contributed by atoms with Gasteiger partial charge in [0.25, 0.3) is 5.56 Å². The van der Waals surface area contributed by atoms with Gasteiger partial charge >= 0.3 is 0 Å². The Morgan fingerprint density at radius 2 is 2.22 bits per heavy atom. The van der Waals surface area contributed by atoms with Gasteiger partial charge < -0.3 is 9.64 Å². The number of hydrogen-bond donors (Lipinski definition) is 0. The molecular weight excluding hydrogens is 312 g/mol. The van der Waals surface area contributed by atoms with Crippen LogP contribution in [0.2, 0.25) is 0 Å². The fraction of sp³-hybridized carbons (Fsp3) is 0.312. The highest BCUT2D eigenvalue weighted by Crippen LogP contribution is 2.31. The molecular formula is C16H16N4O2S. The standard InChI is InChI=1S/C16H16N4O2S/c1-2-14-18-20-15(21)9-11(17-16(20)23-14)10-19-7-8-22-13-6-4-3-5-12(13)19/h3-6,9H,2,7-8,10H2,1H3. The predicted molar refractivity (Wildman–Crippen MR) is 89.5 cm³/mol. The van der Waals surface area contributed by atoms with Crippen LogP contribution < -0.4 is 15.2 Å². The van der Waals surface area contributed by atoms with E-state index in [1.54, 1.807) is 6.07 Å². The van der Waals surface area contributed by atoms with Crippen molar-refractivity contribution in [2.24, 2.45) is 0 Å². The van der Waals surface area contributed by atoms with Crippen molar-refractivity contribution in [2.75, 3.05) is 18.1 Å². The number of aryl methyl sites for hydroxylation is 1. The van der Waals surface area contributed by atoms with Gasteiger partial charge in [-0.2, -0.15) is 9.61 Å². The van der Waals surface area contributed by atoms with Crippen molar-refractivity contribution in [2.45, 2.75) is 19.9 Å². The minimum absolute atomic E-state index is 0.123. The molecule has 0 saturated carbocycles. The van der Waals surface area contributed by atoms with Crippen molar-refractivity contribution in [3.8, 4) is 5.75 Å². The monoisotopic (exact) mass is 328 g/mol. The van der Waals surface area contributed by atoms with Crippen LogP contribution >= 0.6 is 11.3 Å². The Labute approximate surface area is 137 Å². The van der Waals surface area contributed by atoms with E-state index in [0.717, 1.165) is 35.1 Å². The first-order valence-electron chi connectivity index (χ1n) is 7.60. The molecule has 4 rings (SSSR count). The maximum absolute atomic E-state index is 12.2. The molecule has 2 aromatic heterocycles. The first-order valence-corrected chi connectivity index (χ1v) is 8.41. The highest BCUT2D eigenvalue weighted by molar-refractivity contribution is 7.16. The van der Waals surface area contributed by atoms with E-state index in [0.29, 0.717) is 18.1 Å². The quantitative estimate of drug-likeness (QED) is 0.737.